The maximum Gasteiger partial charge on any atom is 0.281 e. The number of halogens is 1. The summed E-state index contributed by atoms with van der Waals surface area (Å²) in [6, 6.07) is 21.0. The maximum atomic E-state index is 13.6. The van der Waals surface area contributed by atoms with E-state index in [9.17, 15) is 9.18 Å². The van der Waals surface area contributed by atoms with Crippen molar-refractivity contribution in [3.63, 3.8) is 0 Å². The minimum absolute atomic E-state index is 0.339. The Labute approximate surface area is 174 Å². The number of aromatic nitrogens is 1. The first-order chi connectivity index (χ1) is 14.7. The highest BCUT2D eigenvalue weighted by atomic mass is 32.1. The fourth-order valence-electron chi connectivity index (χ4n) is 3.17. The van der Waals surface area contributed by atoms with Gasteiger partial charge in [0.1, 0.15) is 11.6 Å². The zero-order valence-corrected chi connectivity index (χ0v) is 16.3. The van der Waals surface area contributed by atoms with Crippen molar-refractivity contribution in [2.45, 2.75) is 0 Å². The third kappa shape index (κ3) is 3.35. The van der Waals surface area contributed by atoms with Crippen LogP contribution in [0.4, 0.5) is 9.52 Å². The Balaban J connectivity index is 1.63. The predicted octanol–water partition coefficient (Wildman–Crippen LogP) is 5.86. The van der Waals surface area contributed by atoms with Gasteiger partial charge in [-0.25, -0.2) is 9.37 Å². The van der Waals surface area contributed by atoms with Crippen LogP contribution in [0.25, 0.3) is 21.0 Å². The number of carbonyl (C=O) groups is 1. The summed E-state index contributed by atoms with van der Waals surface area (Å²) in [6.45, 7) is 0. The molecule has 7 heteroatoms. The van der Waals surface area contributed by atoms with Gasteiger partial charge in [0.15, 0.2) is 0 Å². The van der Waals surface area contributed by atoms with E-state index >= 15 is 0 Å². The normalized spacial score (nSPS) is 11.5. The number of fused-ring (bicyclic) bond motifs is 2. The summed E-state index contributed by atoms with van der Waals surface area (Å²) in [6.07, 6.45) is 2.98. The van der Waals surface area contributed by atoms with E-state index in [1.54, 1.807) is 24.3 Å². The van der Waals surface area contributed by atoms with Crippen LogP contribution >= 0.6 is 11.3 Å². The summed E-state index contributed by atoms with van der Waals surface area (Å²) in [4.78, 5) is 18.0. The molecule has 0 aliphatic carbocycles. The van der Waals surface area contributed by atoms with Crippen LogP contribution < -0.4 is 5.01 Å². The molecule has 5 rings (SSSR count). The highest BCUT2D eigenvalue weighted by Crippen LogP contribution is 2.31. The van der Waals surface area contributed by atoms with E-state index in [0.717, 1.165) is 10.8 Å². The Morgan fingerprint density at radius 3 is 2.80 bits per heavy atom. The zero-order chi connectivity index (χ0) is 20.5. The van der Waals surface area contributed by atoms with Crippen LogP contribution in [0.15, 0.2) is 88.6 Å². The molecule has 5 nitrogen and oxygen atoms in total. The number of carbonyl (C=O) groups excluding carboxylic acids is 1. The standard InChI is InChI=1S/C23H14FN3O2S/c24-16-10-11-20-21(13-16)30-23(26-20)27(25-14-17-7-4-12-29-17)22(28)19-9-3-6-15-5-1-2-8-18(15)19/h1-14H/b25-14+. The number of nitrogens with zero attached hydrogens (tertiary/aromatic N) is 3. The fraction of sp³-hybridized carbons (Fsp3) is 0. The summed E-state index contributed by atoms with van der Waals surface area (Å²) < 4.78 is 19.6. The van der Waals surface area contributed by atoms with Gasteiger partial charge in [0.25, 0.3) is 5.91 Å². The molecule has 5 aromatic rings. The first kappa shape index (κ1) is 18.2. The second-order valence-electron chi connectivity index (χ2n) is 6.51. The molecule has 0 bridgehead atoms. The average Bonchev–Trinajstić information content (AvgIpc) is 3.43. The number of amides is 1. The average molecular weight is 415 g/mol. The molecule has 0 unspecified atom stereocenters. The fourth-order valence-corrected chi connectivity index (χ4v) is 4.12. The molecule has 0 atom stereocenters. The van der Waals surface area contributed by atoms with Crippen LogP contribution in [0.3, 0.4) is 0 Å². The van der Waals surface area contributed by atoms with Crippen LogP contribution in [0.2, 0.25) is 0 Å². The van der Waals surface area contributed by atoms with Crippen molar-refractivity contribution >= 4 is 49.6 Å². The topological polar surface area (TPSA) is 58.7 Å². The quantitative estimate of drug-likeness (QED) is 0.273. The van der Waals surface area contributed by atoms with Gasteiger partial charge in [-0.15, -0.1) is 0 Å². The van der Waals surface area contributed by atoms with Crippen molar-refractivity contribution in [3.8, 4) is 0 Å². The van der Waals surface area contributed by atoms with Gasteiger partial charge in [0.05, 0.1) is 22.7 Å². The van der Waals surface area contributed by atoms with E-state index in [1.807, 2.05) is 36.4 Å². The Morgan fingerprint density at radius 2 is 1.93 bits per heavy atom. The van der Waals surface area contributed by atoms with E-state index in [-0.39, 0.29) is 11.7 Å². The van der Waals surface area contributed by atoms with E-state index in [2.05, 4.69) is 10.1 Å². The summed E-state index contributed by atoms with van der Waals surface area (Å²) in [5.41, 5.74) is 1.09. The van der Waals surface area contributed by atoms with E-state index < -0.39 is 0 Å². The SMILES string of the molecule is O=C(c1cccc2ccccc12)N(/N=C/c1ccco1)c1nc2ccc(F)cc2s1. The van der Waals surface area contributed by atoms with Gasteiger partial charge in [-0.3, -0.25) is 4.79 Å². The summed E-state index contributed by atoms with van der Waals surface area (Å²) >= 11 is 1.19. The van der Waals surface area contributed by atoms with Crippen LogP contribution in [0.5, 0.6) is 0 Å². The lowest BCUT2D eigenvalue weighted by atomic mass is 10.0. The number of anilines is 1. The monoisotopic (exact) mass is 415 g/mol. The molecule has 0 fully saturated rings. The Hall–Kier alpha value is -3.84. The van der Waals surface area contributed by atoms with Gasteiger partial charge < -0.3 is 4.42 Å². The van der Waals surface area contributed by atoms with Crippen LogP contribution in [-0.4, -0.2) is 17.1 Å². The lowest BCUT2D eigenvalue weighted by Crippen LogP contribution is -2.25. The van der Waals surface area contributed by atoms with Gasteiger partial charge in [-0.05, 0) is 47.2 Å². The van der Waals surface area contributed by atoms with Gasteiger partial charge >= 0.3 is 0 Å². The van der Waals surface area contributed by atoms with Crippen molar-refractivity contribution in [1.82, 2.24) is 4.98 Å². The molecule has 146 valence electrons. The van der Waals surface area contributed by atoms with Crippen molar-refractivity contribution in [2.75, 3.05) is 5.01 Å². The molecule has 2 heterocycles. The number of furan rings is 1. The van der Waals surface area contributed by atoms with Crippen LogP contribution in [-0.2, 0) is 0 Å². The van der Waals surface area contributed by atoms with Crippen LogP contribution in [0, 0.1) is 5.82 Å². The number of hydrazone groups is 1. The largest absolute Gasteiger partial charge is 0.463 e. The number of benzene rings is 3. The molecule has 0 saturated carbocycles. The highest BCUT2D eigenvalue weighted by Gasteiger charge is 2.23. The molecule has 0 N–H and O–H groups in total. The first-order valence-corrected chi connectivity index (χ1v) is 9.96. The van der Waals surface area contributed by atoms with E-state index in [4.69, 9.17) is 4.42 Å². The Morgan fingerprint density at radius 1 is 1.07 bits per heavy atom. The number of hydrogen-bond acceptors (Lipinski definition) is 5. The molecule has 0 radical (unpaired) electrons. The number of thiazole rings is 1. The molecule has 30 heavy (non-hydrogen) atoms. The van der Waals surface area contributed by atoms with Crippen molar-refractivity contribution < 1.29 is 13.6 Å². The second-order valence-corrected chi connectivity index (χ2v) is 7.52. The first-order valence-electron chi connectivity index (χ1n) is 9.15. The summed E-state index contributed by atoms with van der Waals surface area (Å²) in [7, 11) is 0. The molecule has 2 aromatic heterocycles. The molecule has 0 aliphatic rings. The van der Waals surface area contributed by atoms with Crippen molar-refractivity contribution in [3.05, 3.63) is 96.2 Å². The molecule has 0 aliphatic heterocycles. The van der Waals surface area contributed by atoms with E-state index in [0.29, 0.717) is 26.7 Å². The van der Waals surface area contributed by atoms with Gasteiger partial charge in [0, 0.05) is 5.56 Å². The van der Waals surface area contributed by atoms with Gasteiger partial charge in [-0.2, -0.15) is 10.1 Å². The van der Waals surface area contributed by atoms with Crippen LogP contribution in [0.1, 0.15) is 16.1 Å². The van der Waals surface area contributed by atoms with Gasteiger partial charge in [0.2, 0.25) is 5.13 Å². The Kier molecular flexibility index (Phi) is 4.57. The van der Waals surface area contributed by atoms with Gasteiger partial charge in [-0.1, -0.05) is 47.7 Å². The zero-order valence-electron chi connectivity index (χ0n) is 15.5. The smallest absolute Gasteiger partial charge is 0.281 e. The Bertz CT molecular complexity index is 1390. The lowest BCUT2D eigenvalue weighted by molar-refractivity contribution is 0.0989. The summed E-state index contributed by atoms with van der Waals surface area (Å²) in [5, 5.41) is 7.69. The lowest BCUT2D eigenvalue weighted by Gasteiger charge is -2.15. The molecule has 0 saturated heterocycles. The third-order valence-corrected chi connectivity index (χ3v) is 5.57. The highest BCUT2D eigenvalue weighted by molar-refractivity contribution is 7.22. The minimum atomic E-state index is -0.358. The van der Waals surface area contributed by atoms with E-state index in [1.165, 1.54) is 41.0 Å². The maximum absolute atomic E-state index is 13.6. The number of rotatable bonds is 4. The molecule has 3 aromatic carbocycles. The summed E-state index contributed by atoms with van der Waals surface area (Å²) in [5.74, 6) is -0.198. The minimum Gasteiger partial charge on any atom is -0.463 e. The molecular weight excluding hydrogens is 401 g/mol. The molecule has 1 amide bonds. The predicted molar refractivity (Wildman–Crippen MR) is 117 cm³/mol. The third-order valence-electron chi connectivity index (χ3n) is 4.58. The van der Waals surface area contributed by atoms with Crippen molar-refractivity contribution in [1.29, 1.82) is 0 Å². The van der Waals surface area contributed by atoms with Crippen molar-refractivity contribution in [2.24, 2.45) is 5.10 Å². The number of hydrogen-bond donors (Lipinski definition) is 0. The second kappa shape index (κ2) is 7.53. The molecule has 0 spiro atoms. The molecular formula is C23H14FN3O2S.